The highest BCUT2D eigenvalue weighted by atomic mass is 16.4. The molecule has 0 aliphatic carbocycles. The van der Waals surface area contributed by atoms with E-state index in [1.165, 1.54) is 0 Å². The molecule has 0 bridgehead atoms. The van der Waals surface area contributed by atoms with Crippen LogP contribution in [0.15, 0.2) is 97.1 Å². The molecule has 0 saturated carbocycles. The van der Waals surface area contributed by atoms with E-state index in [0.29, 0.717) is 0 Å². The molecule has 32 heavy (non-hydrogen) atoms. The number of hydrogen-bond acceptors (Lipinski definition) is 2. The van der Waals surface area contributed by atoms with Crippen LogP contribution >= 0.6 is 0 Å². The van der Waals surface area contributed by atoms with Crippen molar-refractivity contribution in [1.29, 1.82) is 0 Å². The molecular formula is C28H18O4. The third-order valence-corrected chi connectivity index (χ3v) is 5.73. The third-order valence-electron chi connectivity index (χ3n) is 5.73. The zero-order valence-corrected chi connectivity index (χ0v) is 16.9. The molecule has 0 fully saturated rings. The van der Waals surface area contributed by atoms with Crippen LogP contribution in [0.3, 0.4) is 0 Å². The van der Waals surface area contributed by atoms with Crippen molar-refractivity contribution < 1.29 is 19.8 Å². The highest BCUT2D eigenvalue weighted by molar-refractivity contribution is 5.97. The molecule has 154 valence electrons. The molecule has 5 aromatic carbocycles. The monoisotopic (exact) mass is 418 g/mol. The first-order valence-electron chi connectivity index (χ1n) is 10.1. The summed E-state index contributed by atoms with van der Waals surface area (Å²) in [5.74, 6) is -1.86. The highest BCUT2D eigenvalue weighted by Crippen LogP contribution is 2.29. The molecule has 0 atom stereocenters. The molecule has 4 heteroatoms. The molecule has 4 nitrogen and oxygen atoms in total. The Kier molecular flexibility index (Phi) is 4.68. The maximum absolute atomic E-state index is 11.2. The van der Waals surface area contributed by atoms with Gasteiger partial charge in [-0.1, -0.05) is 60.7 Å². The lowest BCUT2D eigenvalue weighted by atomic mass is 9.96. The van der Waals surface area contributed by atoms with Crippen LogP contribution in [0, 0.1) is 0 Å². The summed E-state index contributed by atoms with van der Waals surface area (Å²) in [5.41, 5.74) is 4.83. The Labute approximate surface area is 184 Å². The number of hydrogen-bond donors (Lipinski definition) is 2. The van der Waals surface area contributed by atoms with Gasteiger partial charge in [0.25, 0.3) is 0 Å². The van der Waals surface area contributed by atoms with Crippen LogP contribution in [-0.2, 0) is 0 Å². The summed E-state index contributed by atoms with van der Waals surface area (Å²) in [5, 5.41) is 22.1. The number of aromatic carboxylic acids is 2. The van der Waals surface area contributed by atoms with E-state index >= 15 is 0 Å². The second kappa shape index (κ2) is 7.67. The second-order valence-electron chi connectivity index (χ2n) is 7.74. The van der Waals surface area contributed by atoms with Crippen molar-refractivity contribution >= 4 is 33.5 Å². The van der Waals surface area contributed by atoms with E-state index in [2.05, 4.69) is 36.4 Å². The standard InChI is InChI=1S/C28H18O4/c29-27(30)25-11-9-21-13-19(5-7-23(21)15-25)17-1-2-18(4-3-17)20-6-8-24-16-26(28(31)32)12-10-22(24)14-20/h1-16H,(H,29,30)(H,31,32). The Morgan fingerprint density at radius 1 is 0.406 bits per heavy atom. The SMILES string of the molecule is O=C(O)c1ccc2cc(-c3ccc(-c4ccc5cc(C(=O)O)ccc5c4)cc3)ccc2c1. The van der Waals surface area contributed by atoms with Gasteiger partial charge in [0.2, 0.25) is 0 Å². The highest BCUT2D eigenvalue weighted by Gasteiger charge is 2.07. The van der Waals surface area contributed by atoms with Crippen molar-refractivity contribution in [3.05, 3.63) is 108 Å². The number of fused-ring (bicyclic) bond motifs is 2. The molecule has 0 aromatic heterocycles. The Morgan fingerprint density at radius 3 is 1.09 bits per heavy atom. The molecule has 0 heterocycles. The average molecular weight is 418 g/mol. The summed E-state index contributed by atoms with van der Waals surface area (Å²) in [6.45, 7) is 0. The van der Waals surface area contributed by atoms with Crippen molar-refractivity contribution in [1.82, 2.24) is 0 Å². The van der Waals surface area contributed by atoms with E-state index in [1.54, 1.807) is 24.3 Å². The fourth-order valence-electron chi connectivity index (χ4n) is 3.97. The second-order valence-corrected chi connectivity index (χ2v) is 7.74. The Balaban J connectivity index is 1.45. The minimum absolute atomic E-state index is 0.282. The summed E-state index contributed by atoms with van der Waals surface area (Å²) in [6.07, 6.45) is 0. The summed E-state index contributed by atoms with van der Waals surface area (Å²) < 4.78 is 0. The minimum Gasteiger partial charge on any atom is -0.478 e. The smallest absolute Gasteiger partial charge is 0.335 e. The molecule has 5 rings (SSSR count). The fraction of sp³-hybridized carbons (Fsp3) is 0. The maximum atomic E-state index is 11.2. The first kappa shape index (κ1) is 19.5. The number of rotatable bonds is 4. The summed E-state index contributed by atoms with van der Waals surface area (Å²) in [7, 11) is 0. The lowest BCUT2D eigenvalue weighted by Gasteiger charge is -2.08. The van der Waals surface area contributed by atoms with Gasteiger partial charge < -0.3 is 10.2 Å². The number of carboxylic acids is 2. The van der Waals surface area contributed by atoms with Crippen LogP contribution < -0.4 is 0 Å². The quantitative estimate of drug-likeness (QED) is 0.340. The number of carboxylic acid groups (broad SMARTS) is 2. The molecular weight excluding hydrogens is 400 g/mol. The number of carbonyl (C=O) groups is 2. The van der Waals surface area contributed by atoms with Gasteiger partial charge in [-0.25, -0.2) is 9.59 Å². The van der Waals surface area contributed by atoms with Gasteiger partial charge in [-0.15, -0.1) is 0 Å². The van der Waals surface area contributed by atoms with E-state index in [9.17, 15) is 9.59 Å². The minimum atomic E-state index is -0.928. The van der Waals surface area contributed by atoms with Crippen LogP contribution in [0.5, 0.6) is 0 Å². The molecule has 0 radical (unpaired) electrons. The van der Waals surface area contributed by atoms with Crippen LogP contribution in [-0.4, -0.2) is 22.2 Å². The molecule has 0 spiro atoms. The lowest BCUT2D eigenvalue weighted by molar-refractivity contribution is 0.0686. The van der Waals surface area contributed by atoms with Gasteiger partial charge in [-0.3, -0.25) is 0 Å². The molecule has 0 aliphatic rings. The largest absolute Gasteiger partial charge is 0.478 e. The van der Waals surface area contributed by atoms with Crippen molar-refractivity contribution in [2.75, 3.05) is 0 Å². The van der Waals surface area contributed by atoms with Gasteiger partial charge in [0.1, 0.15) is 0 Å². The first-order valence-corrected chi connectivity index (χ1v) is 10.1. The van der Waals surface area contributed by atoms with Crippen molar-refractivity contribution in [3.8, 4) is 22.3 Å². The lowest BCUT2D eigenvalue weighted by Crippen LogP contribution is -1.95. The van der Waals surface area contributed by atoms with E-state index in [4.69, 9.17) is 10.2 Å². The third kappa shape index (κ3) is 3.59. The molecule has 0 aliphatic heterocycles. The van der Waals surface area contributed by atoms with Gasteiger partial charge in [0.15, 0.2) is 0 Å². The normalized spacial score (nSPS) is 11.0. The maximum Gasteiger partial charge on any atom is 0.335 e. The van der Waals surface area contributed by atoms with Gasteiger partial charge in [-0.05, 0) is 80.2 Å². The van der Waals surface area contributed by atoms with Crippen LogP contribution in [0.4, 0.5) is 0 Å². The van der Waals surface area contributed by atoms with Gasteiger partial charge in [0, 0.05) is 0 Å². The predicted octanol–water partition coefficient (Wildman–Crippen LogP) is 6.72. The van der Waals surface area contributed by atoms with Crippen LogP contribution in [0.25, 0.3) is 43.8 Å². The Morgan fingerprint density at radius 2 is 0.719 bits per heavy atom. The van der Waals surface area contributed by atoms with E-state index in [0.717, 1.165) is 43.8 Å². The number of benzene rings is 5. The summed E-state index contributed by atoms with van der Waals surface area (Å²) in [4.78, 5) is 22.3. The summed E-state index contributed by atoms with van der Waals surface area (Å²) in [6, 6.07) is 30.6. The Hall–Kier alpha value is -4.44. The van der Waals surface area contributed by atoms with Crippen LogP contribution in [0.2, 0.25) is 0 Å². The molecule has 0 amide bonds. The van der Waals surface area contributed by atoms with Crippen molar-refractivity contribution in [2.45, 2.75) is 0 Å². The van der Waals surface area contributed by atoms with Gasteiger partial charge in [-0.2, -0.15) is 0 Å². The fourth-order valence-corrected chi connectivity index (χ4v) is 3.97. The topological polar surface area (TPSA) is 74.6 Å². The van der Waals surface area contributed by atoms with Crippen molar-refractivity contribution in [2.24, 2.45) is 0 Å². The van der Waals surface area contributed by atoms with Gasteiger partial charge in [0.05, 0.1) is 11.1 Å². The summed E-state index contributed by atoms with van der Waals surface area (Å²) >= 11 is 0. The van der Waals surface area contributed by atoms with E-state index in [1.807, 2.05) is 36.4 Å². The van der Waals surface area contributed by atoms with Gasteiger partial charge >= 0.3 is 11.9 Å². The molecule has 5 aromatic rings. The zero-order chi connectivity index (χ0) is 22.2. The molecule has 0 unspecified atom stereocenters. The Bertz CT molecular complexity index is 1400. The molecule has 2 N–H and O–H groups in total. The predicted molar refractivity (Wildman–Crippen MR) is 126 cm³/mol. The van der Waals surface area contributed by atoms with E-state index in [-0.39, 0.29) is 11.1 Å². The average Bonchev–Trinajstić information content (AvgIpc) is 2.82. The van der Waals surface area contributed by atoms with E-state index < -0.39 is 11.9 Å². The first-order chi connectivity index (χ1) is 15.5. The zero-order valence-electron chi connectivity index (χ0n) is 16.9. The van der Waals surface area contributed by atoms with Crippen LogP contribution in [0.1, 0.15) is 20.7 Å². The van der Waals surface area contributed by atoms with Crippen molar-refractivity contribution in [3.63, 3.8) is 0 Å². The molecule has 0 saturated heterocycles.